The van der Waals surface area contributed by atoms with Crippen LogP contribution < -0.4 is 0 Å². The zero-order valence-electron chi connectivity index (χ0n) is 4.91. The molecule has 52 valence electrons. The third-order valence-corrected chi connectivity index (χ3v) is 3.16. The Morgan fingerprint density at radius 3 is 1.33 bits per heavy atom. The Hall–Kier alpha value is 0.270. The van der Waals surface area contributed by atoms with E-state index in [2.05, 4.69) is 0 Å². The van der Waals surface area contributed by atoms with E-state index in [4.69, 9.17) is 18.1 Å². The molecule has 2 fully saturated rings. The van der Waals surface area contributed by atoms with E-state index in [0.29, 0.717) is 26.4 Å². The van der Waals surface area contributed by atoms with Crippen molar-refractivity contribution in [2.75, 3.05) is 26.4 Å². The Morgan fingerprint density at radius 1 is 0.667 bits per heavy atom. The lowest BCUT2D eigenvalue weighted by Gasteiger charge is -2.01. The molecule has 0 radical (unpaired) electrons. The molecule has 0 N–H and O–H groups in total. The van der Waals surface area contributed by atoms with Gasteiger partial charge in [0.05, 0.1) is 0 Å². The summed E-state index contributed by atoms with van der Waals surface area (Å²) in [7, 11) is -2.20. The lowest BCUT2D eigenvalue weighted by Crippen LogP contribution is -1.89. The van der Waals surface area contributed by atoms with E-state index in [0.717, 1.165) is 0 Å². The van der Waals surface area contributed by atoms with Crippen LogP contribution in [0.25, 0.3) is 0 Å². The standard InChI is InChI=1S/C4H8O4P/c1-2-6-9(5-1)7-3-4-8-9/h1-4H2/q+1. The van der Waals surface area contributed by atoms with Gasteiger partial charge in [-0.25, -0.2) is 0 Å². The zero-order chi connectivity index (χ0) is 6.16. The molecule has 0 amide bonds. The summed E-state index contributed by atoms with van der Waals surface area (Å²) in [4.78, 5) is 0. The Kier molecular flexibility index (Phi) is 1.43. The molecular formula is C4H8O4P+. The van der Waals surface area contributed by atoms with Gasteiger partial charge in [-0.2, -0.15) is 18.1 Å². The molecule has 9 heavy (non-hydrogen) atoms. The van der Waals surface area contributed by atoms with Crippen molar-refractivity contribution in [3.05, 3.63) is 0 Å². The van der Waals surface area contributed by atoms with Gasteiger partial charge in [-0.05, 0) is 0 Å². The maximum Gasteiger partial charge on any atom is 0.575 e. The van der Waals surface area contributed by atoms with E-state index in [-0.39, 0.29) is 0 Å². The highest BCUT2D eigenvalue weighted by Crippen LogP contribution is 2.68. The van der Waals surface area contributed by atoms with Gasteiger partial charge in [0, 0.05) is 0 Å². The third kappa shape index (κ3) is 0.974. The fraction of sp³-hybridized carbons (Fsp3) is 1.00. The smallest absolute Gasteiger partial charge is 0.151 e. The number of hydrogen-bond acceptors (Lipinski definition) is 4. The van der Waals surface area contributed by atoms with Crippen molar-refractivity contribution >= 4 is 8.17 Å². The molecule has 0 unspecified atom stereocenters. The molecule has 0 aliphatic carbocycles. The monoisotopic (exact) mass is 151 g/mol. The van der Waals surface area contributed by atoms with Crippen molar-refractivity contribution in [1.82, 2.24) is 0 Å². The quantitative estimate of drug-likeness (QED) is 0.479. The van der Waals surface area contributed by atoms with E-state index < -0.39 is 8.17 Å². The van der Waals surface area contributed by atoms with Crippen LogP contribution in [0.2, 0.25) is 0 Å². The lowest BCUT2D eigenvalue weighted by molar-refractivity contribution is 0.209. The van der Waals surface area contributed by atoms with Gasteiger partial charge in [-0.1, -0.05) is 0 Å². The van der Waals surface area contributed by atoms with Crippen LogP contribution in [0.15, 0.2) is 0 Å². The first-order valence-electron chi connectivity index (χ1n) is 2.88. The minimum absolute atomic E-state index is 0.605. The van der Waals surface area contributed by atoms with Crippen molar-refractivity contribution < 1.29 is 18.1 Å². The molecule has 2 aliphatic heterocycles. The molecule has 0 aromatic heterocycles. The Bertz CT molecular complexity index is 87.6. The Labute approximate surface area is 53.7 Å². The van der Waals surface area contributed by atoms with Gasteiger partial charge in [-0.15, -0.1) is 0 Å². The molecule has 5 heteroatoms. The van der Waals surface area contributed by atoms with Gasteiger partial charge in [0.2, 0.25) is 0 Å². The minimum Gasteiger partial charge on any atom is -0.151 e. The summed E-state index contributed by atoms with van der Waals surface area (Å²) in [5, 5.41) is 0. The molecule has 2 saturated heterocycles. The molecule has 2 heterocycles. The van der Waals surface area contributed by atoms with Crippen molar-refractivity contribution in [3.63, 3.8) is 0 Å². The fourth-order valence-corrected chi connectivity index (χ4v) is 2.46. The van der Waals surface area contributed by atoms with E-state index in [1.54, 1.807) is 0 Å². The maximum atomic E-state index is 5.15. The largest absolute Gasteiger partial charge is 0.575 e. The average molecular weight is 151 g/mol. The summed E-state index contributed by atoms with van der Waals surface area (Å²) in [6.45, 7) is 2.42. The summed E-state index contributed by atoms with van der Waals surface area (Å²) in [5.74, 6) is 0. The van der Waals surface area contributed by atoms with E-state index in [1.807, 2.05) is 0 Å². The fourth-order valence-electron chi connectivity index (χ4n) is 0.820. The second-order valence-electron chi connectivity index (χ2n) is 1.78. The predicted molar refractivity (Wildman–Crippen MR) is 30.7 cm³/mol. The molecule has 0 saturated carbocycles. The van der Waals surface area contributed by atoms with Crippen LogP contribution in [0.5, 0.6) is 0 Å². The van der Waals surface area contributed by atoms with Gasteiger partial charge in [0.15, 0.2) is 0 Å². The van der Waals surface area contributed by atoms with Crippen LogP contribution in [0.4, 0.5) is 0 Å². The summed E-state index contributed by atoms with van der Waals surface area (Å²) in [6.07, 6.45) is 0. The lowest BCUT2D eigenvalue weighted by atomic mass is 10.8. The van der Waals surface area contributed by atoms with Crippen molar-refractivity contribution in [2.45, 2.75) is 0 Å². The maximum absolute atomic E-state index is 5.15. The molecule has 0 atom stereocenters. The first-order chi connectivity index (χ1) is 4.41. The number of hydrogen-bond donors (Lipinski definition) is 0. The SMILES string of the molecule is C1CO[P+]2(O1)OCCO2. The molecule has 2 aliphatic rings. The van der Waals surface area contributed by atoms with Crippen LogP contribution in [-0.4, -0.2) is 26.4 Å². The predicted octanol–water partition coefficient (Wildman–Crippen LogP) is 0.758. The molecule has 2 rings (SSSR count). The normalized spacial score (nSPS) is 32.0. The van der Waals surface area contributed by atoms with Crippen LogP contribution in [0, 0.1) is 0 Å². The molecular weight excluding hydrogens is 143 g/mol. The van der Waals surface area contributed by atoms with E-state index in [9.17, 15) is 0 Å². The van der Waals surface area contributed by atoms with Crippen LogP contribution >= 0.6 is 8.17 Å². The first-order valence-corrected chi connectivity index (χ1v) is 4.35. The second kappa shape index (κ2) is 2.15. The van der Waals surface area contributed by atoms with Crippen LogP contribution in [0.1, 0.15) is 0 Å². The van der Waals surface area contributed by atoms with Gasteiger partial charge < -0.3 is 0 Å². The average Bonchev–Trinajstić information content (AvgIpc) is 2.45. The Morgan fingerprint density at radius 2 is 1.00 bits per heavy atom. The summed E-state index contributed by atoms with van der Waals surface area (Å²) < 4.78 is 20.6. The minimum atomic E-state index is -2.20. The van der Waals surface area contributed by atoms with Gasteiger partial charge in [-0.3, -0.25) is 0 Å². The van der Waals surface area contributed by atoms with E-state index in [1.165, 1.54) is 0 Å². The van der Waals surface area contributed by atoms with Crippen LogP contribution in [-0.2, 0) is 18.1 Å². The second-order valence-corrected chi connectivity index (χ2v) is 3.71. The van der Waals surface area contributed by atoms with Crippen molar-refractivity contribution in [3.8, 4) is 0 Å². The first kappa shape index (κ1) is 6.01. The van der Waals surface area contributed by atoms with Gasteiger partial charge >= 0.3 is 8.17 Å². The molecule has 0 aromatic carbocycles. The zero-order valence-corrected chi connectivity index (χ0v) is 5.80. The molecule has 0 aromatic rings. The molecule has 0 bridgehead atoms. The summed E-state index contributed by atoms with van der Waals surface area (Å²) in [6, 6.07) is 0. The van der Waals surface area contributed by atoms with Gasteiger partial charge in [0.25, 0.3) is 0 Å². The summed E-state index contributed by atoms with van der Waals surface area (Å²) in [5.41, 5.74) is 0. The number of rotatable bonds is 0. The van der Waals surface area contributed by atoms with Crippen LogP contribution in [0.3, 0.4) is 0 Å². The van der Waals surface area contributed by atoms with Gasteiger partial charge in [0.1, 0.15) is 26.4 Å². The topological polar surface area (TPSA) is 36.9 Å². The van der Waals surface area contributed by atoms with E-state index >= 15 is 0 Å². The molecule has 1 spiro atoms. The Balaban J connectivity index is 2.04. The van der Waals surface area contributed by atoms with Crippen molar-refractivity contribution in [2.24, 2.45) is 0 Å². The third-order valence-electron chi connectivity index (χ3n) is 1.16. The highest BCUT2D eigenvalue weighted by Gasteiger charge is 2.57. The highest BCUT2D eigenvalue weighted by atomic mass is 31.2. The van der Waals surface area contributed by atoms with Crippen molar-refractivity contribution in [1.29, 1.82) is 0 Å². The molecule has 4 nitrogen and oxygen atoms in total. The highest BCUT2D eigenvalue weighted by molar-refractivity contribution is 7.56. The summed E-state index contributed by atoms with van der Waals surface area (Å²) >= 11 is 0.